The fourth-order valence-electron chi connectivity index (χ4n) is 1.78. The number of hydrogen-bond acceptors (Lipinski definition) is 4. The lowest BCUT2D eigenvalue weighted by molar-refractivity contribution is -0.121. The molecule has 0 unspecified atom stereocenters. The maximum Gasteiger partial charge on any atom is 0.226 e. The predicted octanol–water partition coefficient (Wildman–Crippen LogP) is 3.70. The number of aromatic nitrogens is 1. The van der Waals surface area contributed by atoms with Gasteiger partial charge in [-0.05, 0) is 19.9 Å². The number of halogens is 3. The molecular weight excluding hydrogens is 377 g/mol. The summed E-state index contributed by atoms with van der Waals surface area (Å²) in [5.74, 6) is -0.0820. The number of nitrogens with one attached hydrogen (secondary N) is 1. The molecule has 0 saturated heterocycles. The number of benzene rings is 1. The number of carbonyl (C=O) groups is 1. The fraction of sp³-hybridized carbons (Fsp3) is 0.333. The Kier molecular flexibility index (Phi) is 9.10. The topological polar surface area (TPSA) is 68.0 Å². The average molecular weight is 397 g/mol. The van der Waals surface area contributed by atoms with E-state index in [1.807, 2.05) is 43.5 Å². The van der Waals surface area contributed by atoms with Crippen molar-refractivity contribution in [2.45, 2.75) is 25.8 Å². The van der Waals surface area contributed by atoms with Gasteiger partial charge in [0, 0.05) is 23.0 Å². The Morgan fingerprint density at radius 2 is 2.00 bits per heavy atom. The highest BCUT2D eigenvalue weighted by atomic mass is 35.5. The number of rotatable bonds is 5. The minimum atomic E-state index is -0.404. The van der Waals surface area contributed by atoms with Gasteiger partial charge in [0.25, 0.3) is 0 Å². The van der Waals surface area contributed by atoms with Gasteiger partial charge in [-0.2, -0.15) is 0 Å². The third-order valence-corrected chi connectivity index (χ3v) is 4.24. The van der Waals surface area contributed by atoms with Crippen LogP contribution in [0.4, 0.5) is 0 Å². The van der Waals surface area contributed by atoms with Crippen molar-refractivity contribution in [1.82, 2.24) is 10.3 Å². The highest BCUT2D eigenvalue weighted by Gasteiger charge is 2.19. The van der Waals surface area contributed by atoms with Gasteiger partial charge in [-0.1, -0.05) is 29.8 Å². The normalized spacial score (nSPS) is 10.4. The molecule has 1 aromatic carbocycles. The molecule has 2 aromatic rings. The van der Waals surface area contributed by atoms with E-state index < -0.39 is 5.54 Å². The molecule has 0 atom stereocenters. The van der Waals surface area contributed by atoms with Crippen LogP contribution in [-0.2, 0) is 11.2 Å². The van der Waals surface area contributed by atoms with Crippen molar-refractivity contribution in [3.8, 4) is 10.6 Å². The van der Waals surface area contributed by atoms with Crippen LogP contribution >= 0.6 is 47.8 Å². The summed E-state index contributed by atoms with van der Waals surface area (Å²) in [5, 5.41) is 6.25. The van der Waals surface area contributed by atoms with E-state index in [9.17, 15) is 4.79 Å². The molecule has 0 bridgehead atoms. The Labute approximate surface area is 157 Å². The molecule has 128 valence electrons. The fourth-order valence-corrected chi connectivity index (χ4v) is 2.92. The van der Waals surface area contributed by atoms with Crippen LogP contribution in [0, 0.1) is 0 Å². The van der Waals surface area contributed by atoms with Gasteiger partial charge in [-0.25, -0.2) is 4.98 Å². The molecule has 4 nitrogen and oxygen atoms in total. The van der Waals surface area contributed by atoms with E-state index >= 15 is 0 Å². The van der Waals surface area contributed by atoms with E-state index in [1.165, 1.54) is 11.3 Å². The van der Waals surface area contributed by atoms with Crippen LogP contribution in [0.15, 0.2) is 29.6 Å². The highest BCUT2D eigenvalue weighted by Crippen LogP contribution is 2.30. The van der Waals surface area contributed by atoms with Crippen LogP contribution < -0.4 is 11.1 Å². The Morgan fingerprint density at radius 1 is 1.35 bits per heavy atom. The summed E-state index contributed by atoms with van der Waals surface area (Å²) in [6.45, 7) is 4.17. The third kappa shape index (κ3) is 6.28. The Balaban J connectivity index is 0.00000242. The first kappa shape index (κ1) is 22.2. The Hall–Kier alpha value is -0.850. The van der Waals surface area contributed by atoms with Crippen molar-refractivity contribution in [3.05, 3.63) is 40.4 Å². The van der Waals surface area contributed by atoms with Gasteiger partial charge >= 0.3 is 0 Å². The molecule has 0 aliphatic rings. The smallest absolute Gasteiger partial charge is 0.226 e. The van der Waals surface area contributed by atoms with Crippen LogP contribution in [0.1, 0.15) is 19.5 Å². The minimum absolute atomic E-state index is 0. The molecule has 8 heteroatoms. The summed E-state index contributed by atoms with van der Waals surface area (Å²) in [4.78, 5) is 16.5. The van der Waals surface area contributed by atoms with Crippen LogP contribution in [0.5, 0.6) is 0 Å². The van der Waals surface area contributed by atoms with E-state index in [0.717, 1.165) is 16.3 Å². The second kappa shape index (κ2) is 9.45. The van der Waals surface area contributed by atoms with Crippen molar-refractivity contribution in [1.29, 1.82) is 0 Å². The zero-order valence-corrected chi connectivity index (χ0v) is 16.0. The summed E-state index contributed by atoms with van der Waals surface area (Å²) in [6, 6.07) is 7.54. The molecule has 23 heavy (non-hydrogen) atoms. The molecule has 1 amide bonds. The van der Waals surface area contributed by atoms with Gasteiger partial charge in [0.15, 0.2) is 0 Å². The number of nitrogens with two attached hydrogens (primary N) is 1. The van der Waals surface area contributed by atoms with Crippen LogP contribution in [0.3, 0.4) is 0 Å². The summed E-state index contributed by atoms with van der Waals surface area (Å²) in [7, 11) is 0. The van der Waals surface area contributed by atoms with Gasteiger partial charge < -0.3 is 11.1 Å². The zero-order valence-electron chi connectivity index (χ0n) is 12.8. The molecule has 0 fully saturated rings. The van der Waals surface area contributed by atoms with Gasteiger partial charge in [-0.15, -0.1) is 36.2 Å². The molecule has 0 saturated carbocycles. The molecule has 0 aliphatic carbocycles. The summed E-state index contributed by atoms with van der Waals surface area (Å²) >= 11 is 7.64. The van der Waals surface area contributed by atoms with Gasteiger partial charge in [0.1, 0.15) is 5.01 Å². The molecule has 0 aliphatic heterocycles. The first-order chi connectivity index (χ1) is 9.91. The maximum atomic E-state index is 12.0. The number of carbonyl (C=O) groups excluding carboxylic acids is 1. The average Bonchev–Trinajstić information content (AvgIpc) is 2.86. The summed E-state index contributed by atoms with van der Waals surface area (Å²) < 4.78 is 0. The quantitative estimate of drug-likeness (QED) is 0.809. The molecule has 2 rings (SSSR count). The van der Waals surface area contributed by atoms with E-state index in [0.29, 0.717) is 11.6 Å². The van der Waals surface area contributed by atoms with E-state index in [4.69, 9.17) is 17.3 Å². The first-order valence-electron chi connectivity index (χ1n) is 6.62. The standard InChI is InChI=1S/C15H18ClN3OS.2ClH/c1-15(2,9-17)19-13(20)7-10-8-21-14(18-10)11-5-3-4-6-12(11)16;;/h3-6,8H,7,9,17H2,1-2H3,(H,19,20);2*1H. The van der Waals surface area contributed by atoms with Crippen molar-refractivity contribution < 1.29 is 4.79 Å². The number of hydrogen-bond donors (Lipinski definition) is 2. The van der Waals surface area contributed by atoms with Crippen molar-refractivity contribution >= 4 is 53.7 Å². The first-order valence-corrected chi connectivity index (χ1v) is 7.87. The second-order valence-electron chi connectivity index (χ2n) is 5.44. The second-order valence-corrected chi connectivity index (χ2v) is 6.70. The summed E-state index contributed by atoms with van der Waals surface area (Å²) in [6.07, 6.45) is 0.240. The van der Waals surface area contributed by atoms with Crippen molar-refractivity contribution in [2.75, 3.05) is 6.54 Å². The Morgan fingerprint density at radius 3 is 2.61 bits per heavy atom. The molecule has 1 aromatic heterocycles. The molecule has 0 spiro atoms. The number of thiazole rings is 1. The predicted molar refractivity (Wildman–Crippen MR) is 102 cm³/mol. The van der Waals surface area contributed by atoms with Gasteiger partial charge in [-0.3, -0.25) is 4.79 Å². The molecule has 3 N–H and O–H groups in total. The zero-order chi connectivity index (χ0) is 15.5. The van der Waals surface area contributed by atoms with Crippen molar-refractivity contribution in [3.63, 3.8) is 0 Å². The largest absolute Gasteiger partial charge is 0.350 e. The lowest BCUT2D eigenvalue weighted by Crippen LogP contribution is -2.49. The Bertz CT molecular complexity index is 646. The monoisotopic (exact) mass is 395 g/mol. The molecule has 0 radical (unpaired) electrons. The summed E-state index contributed by atoms with van der Waals surface area (Å²) in [5.41, 5.74) is 6.82. The molecule has 1 heterocycles. The lowest BCUT2D eigenvalue weighted by atomic mass is 10.1. The number of amides is 1. The maximum absolute atomic E-state index is 12.0. The SMILES string of the molecule is CC(C)(CN)NC(=O)Cc1csc(-c2ccccc2Cl)n1.Cl.Cl. The number of nitrogens with zero attached hydrogens (tertiary/aromatic N) is 1. The van der Waals surface area contributed by atoms with Crippen LogP contribution in [-0.4, -0.2) is 23.0 Å². The van der Waals surface area contributed by atoms with E-state index in [2.05, 4.69) is 10.3 Å². The van der Waals surface area contributed by atoms with E-state index in [-0.39, 0.29) is 37.1 Å². The third-order valence-electron chi connectivity index (χ3n) is 2.99. The van der Waals surface area contributed by atoms with Gasteiger partial charge in [0.2, 0.25) is 5.91 Å². The minimum Gasteiger partial charge on any atom is -0.350 e. The van der Waals surface area contributed by atoms with E-state index in [1.54, 1.807) is 0 Å². The van der Waals surface area contributed by atoms with Crippen LogP contribution in [0.25, 0.3) is 10.6 Å². The van der Waals surface area contributed by atoms with Gasteiger partial charge in [0.05, 0.1) is 17.1 Å². The van der Waals surface area contributed by atoms with Crippen LogP contribution in [0.2, 0.25) is 5.02 Å². The molecular formula is C15H20Cl3N3OS. The lowest BCUT2D eigenvalue weighted by Gasteiger charge is -2.23. The highest BCUT2D eigenvalue weighted by molar-refractivity contribution is 7.13. The van der Waals surface area contributed by atoms with Crippen molar-refractivity contribution in [2.24, 2.45) is 5.73 Å².